The molecule has 0 aliphatic carbocycles. The molecule has 6 heavy (non-hydrogen) atoms. The van der Waals surface area contributed by atoms with Crippen molar-refractivity contribution in [1.29, 1.82) is 0 Å². The predicted octanol–water partition coefficient (Wildman–Crippen LogP) is 1.01. The third kappa shape index (κ3) is 2.87. The van der Waals surface area contributed by atoms with E-state index in [0.29, 0.717) is 5.66 Å². The molecule has 38 valence electrons. The van der Waals surface area contributed by atoms with Crippen LogP contribution in [0.1, 0.15) is 6.92 Å². The Balaban J connectivity index is 2.96. The van der Waals surface area contributed by atoms with Crippen LogP contribution in [-0.4, -0.2) is 11.8 Å². The minimum atomic E-state index is -0.536. The van der Waals surface area contributed by atoms with Gasteiger partial charge in [-0.2, -0.15) is 0 Å². The normalized spacial score (nSPS) is 16.3. The highest BCUT2D eigenvalue weighted by molar-refractivity contribution is 7.27. The van der Waals surface area contributed by atoms with Gasteiger partial charge < -0.3 is 4.57 Å². The van der Waals surface area contributed by atoms with Gasteiger partial charge in [-0.1, -0.05) is 6.92 Å². The molecular weight excluding hydrogens is 114 g/mol. The molecule has 0 saturated heterocycles. The van der Waals surface area contributed by atoms with Gasteiger partial charge >= 0.3 is 0 Å². The van der Waals surface area contributed by atoms with Crippen molar-refractivity contribution in [1.82, 2.24) is 0 Å². The summed E-state index contributed by atoms with van der Waals surface area (Å²) in [5.74, 6) is 0. The summed E-state index contributed by atoms with van der Waals surface area (Å²) in [4.78, 5) is 0. The van der Waals surface area contributed by atoms with Crippen molar-refractivity contribution in [2.75, 3.05) is 6.16 Å². The minimum Gasteiger partial charge on any atom is -0.330 e. The Morgan fingerprint density at radius 2 is 2.50 bits per heavy atom. The molecule has 0 amide bonds. The van der Waals surface area contributed by atoms with Gasteiger partial charge in [0.15, 0.2) is 0 Å². The van der Waals surface area contributed by atoms with Gasteiger partial charge in [0.2, 0.25) is 0 Å². The molecular formula is C3H10OP2. The summed E-state index contributed by atoms with van der Waals surface area (Å²) in [7, 11) is 2.02. The quantitative estimate of drug-likeness (QED) is 0.502. The molecule has 0 fully saturated rings. The lowest BCUT2D eigenvalue weighted by atomic mass is 10.6. The minimum absolute atomic E-state index is 0.426. The molecule has 0 aromatic rings. The molecule has 0 rings (SSSR count). The third-order valence-corrected chi connectivity index (χ3v) is 2.63. The molecule has 0 spiro atoms. The number of hydrogen-bond acceptors (Lipinski definition) is 1. The summed E-state index contributed by atoms with van der Waals surface area (Å²) in [6, 6.07) is 0. The van der Waals surface area contributed by atoms with Crippen LogP contribution in [0.15, 0.2) is 0 Å². The molecule has 0 aliphatic rings. The van der Waals surface area contributed by atoms with Crippen LogP contribution < -0.4 is 0 Å². The molecule has 0 aliphatic heterocycles. The van der Waals surface area contributed by atoms with E-state index in [1.165, 1.54) is 0 Å². The Labute approximate surface area is 41.9 Å². The van der Waals surface area contributed by atoms with E-state index in [0.717, 1.165) is 6.16 Å². The molecule has 3 heteroatoms. The van der Waals surface area contributed by atoms with E-state index in [9.17, 15) is 4.57 Å². The molecule has 3 atom stereocenters. The molecule has 0 N–H and O–H groups in total. The number of rotatable bonds is 2. The van der Waals surface area contributed by atoms with Crippen LogP contribution in [0.5, 0.6) is 0 Å². The summed E-state index contributed by atoms with van der Waals surface area (Å²) in [5, 5.41) is 0. The van der Waals surface area contributed by atoms with E-state index in [2.05, 4.69) is 9.24 Å². The highest BCUT2D eigenvalue weighted by atomic mass is 31.1. The average Bonchev–Trinajstić information content (AvgIpc) is 1.65. The van der Waals surface area contributed by atoms with Crippen molar-refractivity contribution in [3.05, 3.63) is 0 Å². The van der Waals surface area contributed by atoms with Gasteiger partial charge in [-0.3, -0.25) is 0 Å². The van der Waals surface area contributed by atoms with Crippen LogP contribution in [0, 0.1) is 0 Å². The van der Waals surface area contributed by atoms with E-state index in [4.69, 9.17) is 0 Å². The topological polar surface area (TPSA) is 17.1 Å². The van der Waals surface area contributed by atoms with Crippen LogP contribution in [0.2, 0.25) is 0 Å². The van der Waals surface area contributed by atoms with E-state index < -0.39 is 8.46 Å². The SMILES string of the molecule is CC(CP)[PH2]=O. The standard InChI is InChI=1S/C3H10OP2/c1-3(2-5)6-4/h3H,2,5-6H2,1H3. The van der Waals surface area contributed by atoms with Crippen LogP contribution in [0.3, 0.4) is 0 Å². The lowest BCUT2D eigenvalue weighted by Gasteiger charge is -1.90. The largest absolute Gasteiger partial charge is 0.330 e. The van der Waals surface area contributed by atoms with Gasteiger partial charge in [0.25, 0.3) is 0 Å². The third-order valence-electron chi connectivity index (χ3n) is 0.604. The first kappa shape index (κ1) is 6.66. The molecule has 3 unspecified atom stereocenters. The van der Waals surface area contributed by atoms with Crippen LogP contribution in [0.25, 0.3) is 0 Å². The Kier molecular flexibility index (Phi) is 4.26. The number of hydrogen-bond donors (Lipinski definition) is 0. The maximum absolute atomic E-state index is 9.93. The van der Waals surface area contributed by atoms with Crippen molar-refractivity contribution in [2.24, 2.45) is 0 Å². The summed E-state index contributed by atoms with van der Waals surface area (Å²) < 4.78 is 9.93. The van der Waals surface area contributed by atoms with Crippen molar-refractivity contribution < 1.29 is 4.57 Å². The second kappa shape index (κ2) is 3.84. The van der Waals surface area contributed by atoms with Crippen LogP contribution >= 0.6 is 17.7 Å². The molecule has 0 aromatic carbocycles. The maximum atomic E-state index is 9.93. The zero-order valence-electron chi connectivity index (χ0n) is 3.85. The Hall–Kier alpha value is 0.660. The summed E-state index contributed by atoms with van der Waals surface area (Å²) in [6.45, 7) is 1.98. The molecule has 0 bridgehead atoms. The molecule has 0 radical (unpaired) electrons. The monoisotopic (exact) mass is 124 g/mol. The first-order valence-corrected chi connectivity index (χ1v) is 3.92. The molecule has 0 saturated carbocycles. The van der Waals surface area contributed by atoms with Gasteiger partial charge in [0.05, 0.1) is 8.46 Å². The lowest BCUT2D eigenvalue weighted by molar-refractivity contribution is 0.594. The fourth-order valence-electron chi connectivity index (χ4n) is 0.0556. The van der Waals surface area contributed by atoms with Crippen molar-refractivity contribution in [3.8, 4) is 0 Å². The first-order valence-electron chi connectivity index (χ1n) is 1.96. The smallest absolute Gasteiger partial charge is 0.0675 e. The van der Waals surface area contributed by atoms with Crippen LogP contribution in [0.4, 0.5) is 0 Å². The zero-order chi connectivity index (χ0) is 4.99. The van der Waals surface area contributed by atoms with Gasteiger partial charge in [0.1, 0.15) is 0 Å². The van der Waals surface area contributed by atoms with Gasteiger partial charge in [-0.25, -0.2) is 0 Å². The van der Waals surface area contributed by atoms with Gasteiger partial charge in [-0.15, -0.1) is 9.24 Å². The van der Waals surface area contributed by atoms with Crippen molar-refractivity contribution in [3.63, 3.8) is 0 Å². The van der Waals surface area contributed by atoms with E-state index >= 15 is 0 Å². The lowest BCUT2D eigenvalue weighted by Crippen LogP contribution is -1.87. The second-order valence-corrected chi connectivity index (χ2v) is 3.23. The summed E-state index contributed by atoms with van der Waals surface area (Å²) in [5.41, 5.74) is 0.426. The van der Waals surface area contributed by atoms with Gasteiger partial charge in [-0.05, 0) is 6.16 Å². The predicted molar refractivity (Wildman–Crippen MR) is 34.4 cm³/mol. The average molecular weight is 124 g/mol. The Bertz CT molecular complexity index is 46.1. The van der Waals surface area contributed by atoms with E-state index in [1.807, 2.05) is 6.92 Å². The fourth-order valence-corrected chi connectivity index (χ4v) is 0.500. The highest BCUT2D eigenvalue weighted by Crippen LogP contribution is 2.06. The first-order chi connectivity index (χ1) is 2.81. The van der Waals surface area contributed by atoms with E-state index in [1.54, 1.807) is 0 Å². The molecule has 0 aromatic heterocycles. The van der Waals surface area contributed by atoms with Crippen molar-refractivity contribution >= 4 is 17.7 Å². The molecule has 0 heterocycles. The van der Waals surface area contributed by atoms with E-state index in [-0.39, 0.29) is 0 Å². The Morgan fingerprint density at radius 1 is 2.00 bits per heavy atom. The summed E-state index contributed by atoms with van der Waals surface area (Å²) in [6.07, 6.45) is 0.971. The Morgan fingerprint density at radius 3 is 2.50 bits per heavy atom. The van der Waals surface area contributed by atoms with Crippen LogP contribution in [-0.2, 0) is 4.57 Å². The second-order valence-electron chi connectivity index (χ2n) is 1.35. The highest BCUT2D eigenvalue weighted by Gasteiger charge is 1.87. The molecule has 1 nitrogen and oxygen atoms in total. The summed E-state index contributed by atoms with van der Waals surface area (Å²) >= 11 is 0. The van der Waals surface area contributed by atoms with Gasteiger partial charge in [0, 0.05) is 5.66 Å². The zero-order valence-corrected chi connectivity index (χ0v) is 6.16. The fraction of sp³-hybridized carbons (Fsp3) is 1.00. The van der Waals surface area contributed by atoms with Crippen molar-refractivity contribution in [2.45, 2.75) is 12.6 Å². The maximum Gasteiger partial charge on any atom is 0.0675 e.